The van der Waals surface area contributed by atoms with Gasteiger partial charge in [0.25, 0.3) is 0 Å². The number of rotatable bonds is 2. The van der Waals surface area contributed by atoms with Gasteiger partial charge in [-0.15, -0.1) is 0 Å². The van der Waals surface area contributed by atoms with Crippen LogP contribution < -0.4 is 11.1 Å². The first kappa shape index (κ1) is 12.2. The predicted octanol–water partition coefficient (Wildman–Crippen LogP) is 3.98. The van der Waals surface area contributed by atoms with Gasteiger partial charge < -0.3 is 11.1 Å². The molecule has 19 heavy (non-hydrogen) atoms. The lowest BCUT2D eigenvalue weighted by Crippen LogP contribution is -1.98. The van der Waals surface area contributed by atoms with Crippen LogP contribution in [0.3, 0.4) is 0 Å². The van der Waals surface area contributed by atoms with E-state index < -0.39 is 0 Å². The van der Waals surface area contributed by atoms with Gasteiger partial charge in [-0.3, -0.25) is 0 Å². The molecule has 0 aliphatic heterocycles. The average Bonchev–Trinajstić information content (AvgIpc) is 2.86. The van der Waals surface area contributed by atoms with E-state index in [1.807, 2.05) is 37.3 Å². The second-order valence-corrected chi connectivity index (χ2v) is 5.13. The Morgan fingerprint density at radius 3 is 2.89 bits per heavy atom. The highest BCUT2D eigenvalue weighted by molar-refractivity contribution is 7.00. The molecular weight excluding hydrogens is 280 g/mol. The van der Waals surface area contributed by atoms with Crippen LogP contribution >= 0.6 is 23.3 Å². The van der Waals surface area contributed by atoms with E-state index >= 15 is 0 Å². The molecule has 4 nitrogen and oxygen atoms in total. The molecule has 96 valence electrons. The van der Waals surface area contributed by atoms with E-state index in [0.29, 0.717) is 5.02 Å². The van der Waals surface area contributed by atoms with Gasteiger partial charge in [0, 0.05) is 11.4 Å². The third kappa shape index (κ3) is 2.11. The highest BCUT2D eigenvalue weighted by atomic mass is 35.5. The van der Waals surface area contributed by atoms with Crippen molar-refractivity contribution in [1.82, 2.24) is 8.75 Å². The van der Waals surface area contributed by atoms with Crippen LogP contribution in [0.1, 0.15) is 5.56 Å². The lowest BCUT2D eigenvalue weighted by molar-refractivity contribution is 1.43. The molecule has 0 aliphatic carbocycles. The van der Waals surface area contributed by atoms with Crippen molar-refractivity contribution in [3.8, 4) is 0 Å². The fourth-order valence-electron chi connectivity index (χ4n) is 1.87. The normalized spacial score (nSPS) is 10.8. The van der Waals surface area contributed by atoms with Gasteiger partial charge in [-0.2, -0.15) is 8.75 Å². The van der Waals surface area contributed by atoms with Gasteiger partial charge >= 0.3 is 0 Å². The molecule has 3 rings (SSSR count). The zero-order valence-electron chi connectivity index (χ0n) is 10.1. The van der Waals surface area contributed by atoms with E-state index in [0.717, 1.165) is 33.7 Å². The van der Waals surface area contributed by atoms with Crippen molar-refractivity contribution in [3.05, 3.63) is 40.9 Å². The lowest BCUT2D eigenvalue weighted by atomic mass is 10.1. The Balaban J connectivity index is 2.13. The number of fused-ring (bicyclic) bond motifs is 1. The molecule has 0 amide bonds. The van der Waals surface area contributed by atoms with E-state index in [1.54, 1.807) is 0 Å². The summed E-state index contributed by atoms with van der Waals surface area (Å²) in [6, 6.07) is 9.40. The number of hydrogen-bond acceptors (Lipinski definition) is 5. The summed E-state index contributed by atoms with van der Waals surface area (Å²) < 4.78 is 8.49. The van der Waals surface area contributed by atoms with Crippen LogP contribution in [0.2, 0.25) is 5.02 Å². The smallest absolute Gasteiger partial charge is 0.129 e. The monoisotopic (exact) mass is 290 g/mol. The molecule has 3 N–H and O–H groups in total. The van der Waals surface area contributed by atoms with E-state index in [-0.39, 0.29) is 0 Å². The van der Waals surface area contributed by atoms with Crippen molar-refractivity contribution >= 4 is 51.4 Å². The zero-order chi connectivity index (χ0) is 13.4. The Morgan fingerprint density at radius 1 is 1.21 bits per heavy atom. The fraction of sp³-hybridized carbons (Fsp3) is 0.0769. The molecule has 6 heteroatoms. The van der Waals surface area contributed by atoms with Crippen molar-refractivity contribution < 1.29 is 0 Å². The van der Waals surface area contributed by atoms with Gasteiger partial charge in [0.05, 0.1) is 22.4 Å². The minimum atomic E-state index is 0.613. The third-order valence-electron chi connectivity index (χ3n) is 3.01. The summed E-state index contributed by atoms with van der Waals surface area (Å²) in [5.41, 5.74) is 10.9. The first-order valence-electron chi connectivity index (χ1n) is 5.69. The number of anilines is 3. The van der Waals surface area contributed by atoms with Gasteiger partial charge in [0.1, 0.15) is 11.0 Å². The quantitative estimate of drug-likeness (QED) is 0.701. The van der Waals surface area contributed by atoms with Gasteiger partial charge in [0.2, 0.25) is 0 Å². The Hall–Kier alpha value is -1.85. The summed E-state index contributed by atoms with van der Waals surface area (Å²) in [6.07, 6.45) is 0. The van der Waals surface area contributed by atoms with Gasteiger partial charge in [-0.1, -0.05) is 17.7 Å². The van der Waals surface area contributed by atoms with Gasteiger partial charge in [-0.25, -0.2) is 0 Å². The van der Waals surface area contributed by atoms with Crippen LogP contribution in [0, 0.1) is 6.92 Å². The standard InChI is InChI=1S/C13H11ClN4S/c1-7-9(15)3-2-4-10(7)16-12-8(14)5-6-11-13(12)18-19-17-11/h2-6,16H,15H2,1H3. The third-order valence-corrected chi connectivity index (χ3v) is 3.87. The Labute approximate surface area is 119 Å². The summed E-state index contributed by atoms with van der Waals surface area (Å²) in [5, 5.41) is 3.92. The topological polar surface area (TPSA) is 63.8 Å². The van der Waals surface area contributed by atoms with Crippen LogP contribution in [-0.4, -0.2) is 8.75 Å². The number of hydrogen-bond donors (Lipinski definition) is 2. The van der Waals surface area contributed by atoms with Crippen molar-refractivity contribution in [2.75, 3.05) is 11.1 Å². The van der Waals surface area contributed by atoms with E-state index in [2.05, 4.69) is 14.1 Å². The SMILES string of the molecule is Cc1c(N)cccc1Nc1c(Cl)ccc2nsnc12. The highest BCUT2D eigenvalue weighted by Crippen LogP contribution is 2.34. The maximum Gasteiger partial charge on any atom is 0.129 e. The van der Waals surface area contributed by atoms with E-state index in [4.69, 9.17) is 17.3 Å². The predicted molar refractivity (Wildman–Crippen MR) is 81.3 cm³/mol. The van der Waals surface area contributed by atoms with Crippen LogP contribution in [0.25, 0.3) is 11.0 Å². The van der Waals surface area contributed by atoms with Crippen molar-refractivity contribution in [3.63, 3.8) is 0 Å². The molecular formula is C13H11ClN4S. The molecule has 0 aliphatic rings. The Bertz CT molecular complexity index is 753. The number of halogens is 1. The summed E-state index contributed by atoms with van der Waals surface area (Å²) in [7, 11) is 0. The summed E-state index contributed by atoms with van der Waals surface area (Å²) in [4.78, 5) is 0. The van der Waals surface area contributed by atoms with Crippen molar-refractivity contribution in [1.29, 1.82) is 0 Å². The molecule has 2 aromatic carbocycles. The molecule has 1 heterocycles. The largest absolute Gasteiger partial charge is 0.398 e. The number of nitrogens with one attached hydrogen (secondary N) is 1. The summed E-state index contributed by atoms with van der Waals surface area (Å²) in [6.45, 7) is 1.96. The van der Waals surface area contributed by atoms with Crippen LogP contribution in [-0.2, 0) is 0 Å². The Kier molecular flexibility index (Phi) is 3.00. The number of benzene rings is 2. The zero-order valence-corrected chi connectivity index (χ0v) is 11.7. The molecule has 0 radical (unpaired) electrons. The summed E-state index contributed by atoms with van der Waals surface area (Å²) in [5.74, 6) is 0. The second-order valence-electron chi connectivity index (χ2n) is 4.20. The molecule has 0 spiro atoms. The van der Waals surface area contributed by atoms with Crippen molar-refractivity contribution in [2.24, 2.45) is 0 Å². The number of nitrogen functional groups attached to an aromatic ring is 1. The maximum absolute atomic E-state index is 6.25. The van der Waals surface area contributed by atoms with Crippen LogP contribution in [0.5, 0.6) is 0 Å². The lowest BCUT2D eigenvalue weighted by Gasteiger charge is -2.12. The number of nitrogens with two attached hydrogens (primary N) is 1. The molecule has 1 aromatic heterocycles. The second kappa shape index (κ2) is 4.68. The van der Waals surface area contributed by atoms with Crippen molar-refractivity contribution in [2.45, 2.75) is 6.92 Å². The number of nitrogens with zero attached hydrogens (tertiary/aromatic N) is 2. The van der Waals surface area contributed by atoms with Crippen LogP contribution in [0.4, 0.5) is 17.1 Å². The van der Waals surface area contributed by atoms with Gasteiger partial charge in [0.15, 0.2) is 0 Å². The highest BCUT2D eigenvalue weighted by Gasteiger charge is 2.11. The number of aromatic nitrogens is 2. The molecule has 0 unspecified atom stereocenters. The van der Waals surface area contributed by atoms with E-state index in [9.17, 15) is 0 Å². The molecule has 0 saturated heterocycles. The fourth-order valence-corrected chi connectivity index (χ4v) is 2.61. The average molecular weight is 291 g/mol. The maximum atomic E-state index is 6.25. The van der Waals surface area contributed by atoms with E-state index in [1.165, 1.54) is 11.7 Å². The minimum absolute atomic E-state index is 0.613. The molecule has 3 aromatic rings. The first-order valence-corrected chi connectivity index (χ1v) is 6.80. The molecule has 0 atom stereocenters. The van der Waals surface area contributed by atoms with Gasteiger partial charge in [-0.05, 0) is 36.8 Å². The molecule has 0 saturated carbocycles. The molecule has 0 fully saturated rings. The first-order chi connectivity index (χ1) is 9.16. The van der Waals surface area contributed by atoms with Crippen LogP contribution in [0.15, 0.2) is 30.3 Å². The minimum Gasteiger partial charge on any atom is -0.398 e. The summed E-state index contributed by atoms with van der Waals surface area (Å²) >= 11 is 7.42. The molecule has 0 bridgehead atoms. The Morgan fingerprint density at radius 2 is 2.05 bits per heavy atom.